The van der Waals surface area contributed by atoms with Crippen LogP contribution >= 0.6 is 11.3 Å². The predicted octanol–water partition coefficient (Wildman–Crippen LogP) is 4.42. The van der Waals surface area contributed by atoms with Crippen LogP contribution in [0.4, 0.5) is 0 Å². The van der Waals surface area contributed by atoms with Crippen LogP contribution in [0.25, 0.3) is 0 Å². The maximum atomic E-state index is 3.76. The van der Waals surface area contributed by atoms with Crippen LogP contribution in [0.3, 0.4) is 0 Å². The van der Waals surface area contributed by atoms with Gasteiger partial charge in [-0.3, -0.25) is 4.90 Å². The zero-order valence-corrected chi connectivity index (χ0v) is 14.8. The second kappa shape index (κ2) is 6.39. The predicted molar refractivity (Wildman–Crippen MR) is 92.2 cm³/mol. The average Bonchev–Trinajstić information content (AvgIpc) is 2.92. The first kappa shape index (κ1) is 15.5. The molecule has 3 heteroatoms. The molecule has 2 aliphatic heterocycles. The Hall–Kier alpha value is -0.380. The number of piperidine rings is 1. The molecule has 3 unspecified atom stereocenters. The van der Waals surface area contributed by atoms with Crippen LogP contribution in [0.15, 0.2) is 6.07 Å². The van der Waals surface area contributed by atoms with Gasteiger partial charge in [0.15, 0.2) is 0 Å². The molecule has 118 valence electrons. The van der Waals surface area contributed by atoms with Gasteiger partial charge < -0.3 is 5.32 Å². The van der Waals surface area contributed by atoms with E-state index in [4.69, 9.17) is 0 Å². The number of rotatable bonds is 5. The minimum absolute atomic E-state index is 0.597. The molecule has 2 nitrogen and oxygen atoms in total. The Kier molecular flexibility index (Phi) is 4.72. The Morgan fingerprint density at radius 1 is 1.29 bits per heavy atom. The summed E-state index contributed by atoms with van der Waals surface area (Å²) in [6.45, 7) is 10.4. The molecule has 2 saturated heterocycles. The molecule has 0 saturated carbocycles. The Bertz CT molecular complexity index is 468. The van der Waals surface area contributed by atoms with Crippen LogP contribution in [-0.2, 0) is 0 Å². The van der Waals surface area contributed by atoms with E-state index in [9.17, 15) is 0 Å². The smallest absolute Gasteiger partial charge is 0.0336 e. The van der Waals surface area contributed by atoms with E-state index in [1.807, 2.05) is 11.3 Å². The number of nitrogens with zero attached hydrogens (tertiary/aromatic N) is 1. The zero-order valence-electron chi connectivity index (χ0n) is 14.0. The molecule has 21 heavy (non-hydrogen) atoms. The third-order valence-electron chi connectivity index (χ3n) is 5.45. The number of hydrogen-bond donors (Lipinski definition) is 1. The molecule has 0 amide bonds. The van der Waals surface area contributed by atoms with Crippen molar-refractivity contribution in [1.82, 2.24) is 10.2 Å². The molecule has 2 bridgehead atoms. The summed E-state index contributed by atoms with van der Waals surface area (Å²) in [6.07, 6.45) is 6.76. The lowest BCUT2D eigenvalue weighted by Gasteiger charge is -2.43. The number of aryl methyl sites for hydroxylation is 2. The summed E-state index contributed by atoms with van der Waals surface area (Å²) in [5, 5.41) is 3.76. The highest BCUT2D eigenvalue weighted by molar-refractivity contribution is 7.12. The average molecular weight is 307 g/mol. The van der Waals surface area contributed by atoms with Gasteiger partial charge in [0.25, 0.3) is 0 Å². The van der Waals surface area contributed by atoms with E-state index in [-0.39, 0.29) is 0 Å². The van der Waals surface area contributed by atoms with Crippen LogP contribution in [0.1, 0.15) is 67.3 Å². The minimum Gasteiger partial charge on any atom is -0.314 e. The molecule has 1 aromatic rings. The summed E-state index contributed by atoms with van der Waals surface area (Å²) >= 11 is 1.96. The summed E-state index contributed by atoms with van der Waals surface area (Å²) in [7, 11) is 0. The summed E-state index contributed by atoms with van der Waals surface area (Å²) < 4.78 is 0. The van der Waals surface area contributed by atoms with Gasteiger partial charge in [0.2, 0.25) is 0 Å². The van der Waals surface area contributed by atoms with Gasteiger partial charge in [0.1, 0.15) is 0 Å². The first-order valence-electron chi connectivity index (χ1n) is 8.68. The lowest BCUT2D eigenvalue weighted by Crippen LogP contribution is -2.50. The summed E-state index contributed by atoms with van der Waals surface area (Å²) in [4.78, 5) is 5.82. The molecule has 2 fully saturated rings. The van der Waals surface area contributed by atoms with Crippen molar-refractivity contribution in [3.05, 3.63) is 21.4 Å². The summed E-state index contributed by atoms with van der Waals surface area (Å²) in [6, 6.07) is 5.38. The topological polar surface area (TPSA) is 15.3 Å². The molecular weight excluding hydrogens is 276 g/mol. The van der Waals surface area contributed by atoms with E-state index in [0.717, 1.165) is 18.1 Å². The van der Waals surface area contributed by atoms with E-state index in [1.54, 1.807) is 5.56 Å². The standard InChI is InChI=1S/C18H30N2S/c1-5-8-19-15-10-16-6-7-17(11-15)20(16)13(3)18-9-12(2)21-14(18)4/h9,13,15-17,19H,5-8,10-11H2,1-4H3. The van der Waals surface area contributed by atoms with Crippen LogP contribution < -0.4 is 5.32 Å². The van der Waals surface area contributed by atoms with Crippen LogP contribution in [0, 0.1) is 13.8 Å². The third-order valence-corrected chi connectivity index (χ3v) is 6.43. The number of thiophene rings is 1. The second-order valence-electron chi connectivity index (χ2n) is 7.00. The molecule has 0 radical (unpaired) electrons. The maximum Gasteiger partial charge on any atom is 0.0336 e. The second-order valence-corrected chi connectivity index (χ2v) is 8.46. The lowest BCUT2D eigenvalue weighted by atomic mass is 9.93. The van der Waals surface area contributed by atoms with Crippen molar-refractivity contribution in [3.8, 4) is 0 Å². The van der Waals surface area contributed by atoms with Gasteiger partial charge in [-0.05, 0) is 71.0 Å². The van der Waals surface area contributed by atoms with Crippen LogP contribution in [0.2, 0.25) is 0 Å². The van der Waals surface area contributed by atoms with E-state index >= 15 is 0 Å². The quantitative estimate of drug-likeness (QED) is 0.866. The van der Waals surface area contributed by atoms with Crippen molar-refractivity contribution < 1.29 is 0 Å². The Labute approximate surface area is 133 Å². The van der Waals surface area contributed by atoms with E-state index in [2.05, 4.69) is 44.0 Å². The number of fused-ring (bicyclic) bond motifs is 2. The van der Waals surface area contributed by atoms with Crippen LogP contribution in [0.5, 0.6) is 0 Å². The zero-order chi connectivity index (χ0) is 15.0. The maximum absolute atomic E-state index is 3.76. The van der Waals surface area contributed by atoms with Crippen molar-refractivity contribution in [2.45, 2.75) is 84.0 Å². The van der Waals surface area contributed by atoms with Crippen molar-refractivity contribution in [2.24, 2.45) is 0 Å². The molecular formula is C18H30N2S. The third kappa shape index (κ3) is 3.06. The fourth-order valence-corrected chi connectivity index (χ4v) is 5.60. The van der Waals surface area contributed by atoms with Gasteiger partial charge in [-0.2, -0.15) is 0 Å². The van der Waals surface area contributed by atoms with Gasteiger partial charge in [-0.15, -0.1) is 11.3 Å². The normalized spacial score (nSPS) is 30.8. The van der Waals surface area contributed by atoms with Crippen LogP contribution in [-0.4, -0.2) is 29.6 Å². The molecule has 0 aromatic carbocycles. The molecule has 3 atom stereocenters. The Morgan fingerprint density at radius 2 is 1.95 bits per heavy atom. The van der Waals surface area contributed by atoms with Gasteiger partial charge >= 0.3 is 0 Å². The molecule has 3 heterocycles. The largest absolute Gasteiger partial charge is 0.314 e. The molecule has 1 aromatic heterocycles. The summed E-state index contributed by atoms with van der Waals surface area (Å²) in [5.41, 5.74) is 1.58. The van der Waals surface area contributed by atoms with Crippen molar-refractivity contribution in [3.63, 3.8) is 0 Å². The number of hydrogen-bond acceptors (Lipinski definition) is 3. The number of nitrogens with one attached hydrogen (secondary N) is 1. The highest BCUT2D eigenvalue weighted by Crippen LogP contribution is 2.43. The first-order chi connectivity index (χ1) is 10.1. The van der Waals surface area contributed by atoms with E-state index in [0.29, 0.717) is 6.04 Å². The van der Waals surface area contributed by atoms with Gasteiger partial charge in [0, 0.05) is 33.9 Å². The van der Waals surface area contributed by atoms with Gasteiger partial charge in [-0.25, -0.2) is 0 Å². The highest BCUT2D eigenvalue weighted by atomic mass is 32.1. The molecule has 2 aliphatic rings. The fourth-order valence-electron chi connectivity index (χ4n) is 4.59. The highest BCUT2D eigenvalue weighted by Gasteiger charge is 2.43. The van der Waals surface area contributed by atoms with Crippen molar-refractivity contribution >= 4 is 11.3 Å². The van der Waals surface area contributed by atoms with Crippen molar-refractivity contribution in [2.75, 3.05) is 6.54 Å². The van der Waals surface area contributed by atoms with Gasteiger partial charge in [0.05, 0.1) is 0 Å². The minimum atomic E-state index is 0.597. The van der Waals surface area contributed by atoms with Gasteiger partial charge in [-0.1, -0.05) is 6.92 Å². The monoisotopic (exact) mass is 306 g/mol. The SMILES string of the molecule is CCCNC1CC2CCC(C1)N2C(C)c1cc(C)sc1C. The Balaban J connectivity index is 1.71. The molecule has 0 aliphatic carbocycles. The van der Waals surface area contributed by atoms with E-state index in [1.165, 1.54) is 48.4 Å². The molecule has 0 spiro atoms. The summed E-state index contributed by atoms with van der Waals surface area (Å²) in [5.74, 6) is 0. The Morgan fingerprint density at radius 3 is 2.48 bits per heavy atom. The molecule has 1 N–H and O–H groups in total. The van der Waals surface area contributed by atoms with Crippen molar-refractivity contribution in [1.29, 1.82) is 0 Å². The fraction of sp³-hybridized carbons (Fsp3) is 0.778. The molecule has 3 rings (SSSR count). The lowest BCUT2D eigenvalue weighted by molar-refractivity contribution is 0.0771. The van der Waals surface area contributed by atoms with E-state index < -0.39 is 0 Å². The first-order valence-corrected chi connectivity index (χ1v) is 9.49.